The highest BCUT2D eigenvalue weighted by Crippen LogP contribution is 1.92. The van der Waals surface area contributed by atoms with E-state index in [1.165, 1.54) is 0 Å². The molecule has 0 aromatic rings. The van der Waals surface area contributed by atoms with Gasteiger partial charge in [-0.3, -0.25) is 0 Å². The maximum absolute atomic E-state index is 4.92. The van der Waals surface area contributed by atoms with Crippen LogP contribution in [0.3, 0.4) is 0 Å². The minimum Gasteiger partial charge on any atom is -0.149 e. The maximum atomic E-state index is 4.92. The summed E-state index contributed by atoms with van der Waals surface area (Å²) in [6, 6.07) is 0. The third kappa shape index (κ3) is 3.91. The van der Waals surface area contributed by atoms with Crippen molar-refractivity contribution >= 4 is 11.8 Å². The number of rotatable bonds is 2. The Morgan fingerprint density at radius 3 is 2.67 bits per heavy atom. The van der Waals surface area contributed by atoms with Gasteiger partial charge in [0, 0.05) is 0 Å². The summed E-state index contributed by atoms with van der Waals surface area (Å²) in [6.07, 6.45) is 4.92. The lowest BCUT2D eigenvalue weighted by molar-refractivity contribution is 1.79. The normalized spacial score (nSPS) is 7.33. The zero-order chi connectivity index (χ0) is 4.83. The molecular weight excluding hydrogens is 92.1 g/mol. The second-order valence-electron chi connectivity index (χ2n) is 0.757. The molecule has 0 aromatic heterocycles. The van der Waals surface area contributed by atoms with Gasteiger partial charge in [0.15, 0.2) is 0 Å². The van der Waals surface area contributed by atoms with Crippen LogP contribution < -0.4 is 0 Å². The first-order valence-corrected chi connectivity index (χ1v) is 2.87. The Morgan fingerprint density at radius 1 is 1.83 bits per heavy atom. The molecule has 0 aliphatic carbocycles. The van der Waals surface area contributed by atoms with Crippen LogP contribution in [0, 0.1) is 19.3 Å². The molecule has 0 atom stereocenters. The van der Waals surface area contributed by atoms with Crippen molar-refractivity contribution in [1.29, 1.82) is 0 Å². The lowest BCUT2D eigenvalue weighted by Crippen LogP contribution is -1.68. The largest absolute Gasteiger partial charge is 0.149 e. The highest BCUT2D eigenvalue weighted by atomic mass is 32.2. The first kappa shape index (κ1) is 5.91. The minimum atomic E-state index is 0.795. The van der Waals surface area contributed by atoms with Crippen LogP contribution in [0.15, 0.2) is 0 Å². The molecule has 0 nitrogen and oxygen atoms in total. The van der Waals surface area contributed by atoms with E-state index in [0.29, 0.717) is 0 Å². The molecule has 0 heterocycles. The lowest BCUT2D eigenvalue weighted by Gasteiger charge is -1.80. The van der Waals surface area contributed by atoms with Crippen LogP contribution in [0.5, 0.6) is 0 Å². The van der Waals surface area contributed by atoms with Crippen LogP contribution in [0.1, 0.15) is 0 Å². The molecule has 1 heteroatoms. The minimum absolute atomic E-state index is 0.795. The second kappa shape index (κ2) is 4.91. The molecule has 1 radical (unpaired) electrons. The van der Waals surface area contributed by atoms with E-state index in [4.69, 9.17) is 6.42 Å². The smallest absolute Gasteiger partial charge is 0.0544 e. The molecule has 0 fully saturated rings. The highest BCUT2D eigenvalue weighted by molar-refractivity contribution is 7.99. The van der Waals surface area contributed by atoms with Gasteiger partial charge in [0.05, 0.1) is 5.75 Å². The average molecular weight is 99.2 g/mol. The number of hydrogen-bond donors (Lipinski definition) is 0. The predicted molar refractivity (Wildman–Crippen MR) is 31.5 cm³/mol. The van der Waals surface area contributed by atoms with Crippen molar-refractivity contribution in [1.82, 2.24) is 0 Å². The summed E-state index contributed by atoms with van der Waals surface area (Å²) in [5.74, 6) is 4.17. The summed E-state index contributed by atoms with van der Waals surface area (Å²) in [5, 5.41) is 0. The zero-order valence-electron chi connectivity index (χ0n) is 3.61. The zero-order valence-corrected chi connectivity index (χ0v) is 4.42. The van der Waals surface area contributed by atoms with E-state index in [0.717, 1.165) is 11.5 Å². The molecule has 0 N–H and O–H groups in total. The van der Waals surface area contributed by atoms with Crippen molar-refractivity contribution in [2.75, 3.05) is 11.5 Å². The summed E-state index contributed by atoms with van der Waals surface area (Å²) in [6.45, 7) is 3.59. The number of terminal acetylenes is 1. The molecule has 0 aromatic carbocycles. The van der Waals surface area contributed by atoms with Gasteiger partial charge in [-0.25, -0.2) is 0 Å². The van der Waals surface area contributed by atoms with Crippen molar-refractivity contribution < 1.29 is 0 Å². The van der Waals surface area contributed by atoms with Crippen LogP contribution in [-0.4, -0.2) is 11.5 Å². The third-order valence-corrected chi connectivity index (χ3v) is 0.989. The van der Waals surface area contributed by atoms with Gasteiger partial charge in [-0.2, -0.15) is 0 Å². The standard InChI is InChI=1S/C5H7S/c1-3-5-6-4-2/h1H,2,4-5H2. The SMILES string of the molecule is C#CCSC[CH2]. The number of hydrogen-bond acceptors (Lipinski definition) is 1. The Labute approximate surface area is 43.3 Å². The van der Waals surface area contributed by atoms with E-state index in [-0.39, 0.29) is 0 Å². The monoisotopic (exact) mass is 99.0 g/mol. The second-order valence-corrected chi connectivity index (χ2v) is 1.86. The van der Waals surface area contributed by atoms with Gasteiger partial charge in [-0.05, 0) is 12.7 Å². The first-order valence-electron chi connectivity index (χ1n) is 1.72. The van der Waals surface area contributed by atoms with Crippen molar-refractivity contribution in [3.63, 3.8) is 0 Å². The fourth-order valence-corrected chi connectivity index (χ4v) is 0.393. The Balaban J connectivity index is 2.54. The fourth-order valence-electron chi connectivity index (χ4n) is 0.131. The summed E-state index contributed by atoms with van der Waals surface area (Å²) in [5.41, 5.74) is 0. The maximum Gasteiger partial charge on any atom is 0.0544 e. The molecule has 0 saturated heterocycles. The van der Waals surface area contributed by atoms with Crippen molar-refractivity contribution in [3.8, 4) is 12.3 Å². The van der Waals surface area contributed by atoms with Crippen LogP contribution in [0.25, 0.3) is 0 Å². The summed E-state index contributed by atoms with van der Waals surface area (Å²) in [7, 11) is 0. The quantitative estimate of drug-likeness (QED) is 0.370. The Hall–Kier alpha value is -0.0900. The van der Waals surface area contributed by atoms with Crippen LogP contribution in [0.4, 0.5) is 0 Å². The van der Waals surface area contributed by atoms with Gasteiger partial charge in [0.1, 0.15) is 0 Å². The van der Waals surface area contributed by atoms with E-state index in [1.54, 1.807) is 11.8 Å². The summed E-state index contributed by atoms with van der Waals surface area (Å²) < 4.78 is 0. The molecule has 0 aliphatic rings. The van der Waals surface area contributed by atoms with Gasteiger partial charge >= 0.3 is 0 Å². The van der Waals surface area contributed by atoms with E-state index in [9.17, 15) is 0 Å². The van der Waals surface area contributed by atoms with Gasteiger partial charge in [0.2, 0.25) is 0 Å². The molecule has 0 saturated carbocycles. The van der Waals surface area contributed by atoms with E-state index < -0.39 is 0 Å². The molecule has 6 heavy (non-hydrogen) atoms. The first-order chi connectivity index (χ1) is 2.91. The molecular formula is C5H7S. The third-order valence-electron chi connectivity index (χ3n) is 0.330. The van der Waals surface area contributed by atoms with Gasteiger partial charge in [-0.15, -0.1) is 18.2 Å². The van der Waals surface area contributed by atoms with Gasteiger partial charge in [0.25, 0.3) is 0 Å². The summed E-state index contributed by atoms with van der Waals surface area (Å²) in [4.78, 5) is 0. The molecule has 0 spiro atoms. The molecule has 0 unspecified atom stereocenters. The molecule has 0 amide bonds. The number of thioether (sulfide) groups is 1. The molecule has 33 valence electrons. The van der Waals surface area contributed by atoms with Gasteiger partial charge in [-0.1, -0.05) is 5.92 Å². The van der Waals surface area contributed by atoms with Crippen LogP contribution in [-0.2, 0) is 0 Å². The Morgan fingerprint density at radius 2 is 2.50 bits per heavy atom. The summed E-state index contributed by atoms with van der Waals surface area (Å²) >= 11 is 1.66. The lowest BCUT2D eigenvalue weighted by atomic mass is 10.8. The van der Waals surface area contributed by atoms with Gasteiger partial charge < -0.3 is 0 Å². The predicted octanol–water partition coefficient (Wildman–Crippen LogP) is 1.19. The Bertz CT molecular complexity index is 51.4. The molecule has 0 rings (SSSR count). The van der Waals surface area contributed by atoms with Crippen molar-refractivity contribution in [3.05, 3.63) is 6.92 Å². The van der Waals surface area contributed by atoms with E-state index >= 15 is 0 Å². The van der Waals surface area contributed by atoms with Crippen molar-refractivity contribution in [2.45, 2.75) is 0 Å². The fraction of sp³-hybridized carbons (Fsp3) is 0.400. The van der Waals surface area contributed by atoms with E-state index in [2.05, 4.69) is 12.8 Å². The Kier molecular flexibility index (Phi) is 4.84. The van der Waals surface area contributed by atoms with Crippen LogP contribution in [0.2, 0.25) is 0 Å². The molecule has 0 aliphatic heterocycles. The van der Waals surface area contributed by atoms with E-state index in [1.807, 2.05) is 0 Å². The topological polar surface area (TPSA) is 0 Å². The average Bonchev–Trinajstić information content (AvgIpc) is 1.61. The van der Waals surface area contributed by atoms with Crippen LogP contribution >= 0.6 is 11.8 Å². The molecule has 0 bridgehead atoms. The highest BCUT2D eigenvalue weighted by Gasteiger charge is 1.71. The van der Waals surface area contributed by atoms with Crippen molar-refractivity contribution in [2.24, 2.45) is 0 Å².